The molecule has 0 radical (unpaired) electrons. The third-order valence-corrected chi connectivity index (χ3v) is 6.01. The van der Waals surface area contributed by atoms with Crippen molar-refractivity contribution in [1.29, 1.82) is 0 Å². The molecule has 2 heterocycles. The normalized spacial score (nSPS) is 12.4. The molecule has 2 rings (SSSR count). The molecule has 0 saturated heterocycles. The van der Waals surface area contributed by atoms with Gasteiger partial charge in [0.15, 0.2) is 0 Å². The first-order chi connectivity index (χ1) is 15.4. The highest BCUT2D eigenvalue weighted by atomic mass is 16.5. The molecule has 184 valence electrons. The summed E-state index contributed by atoms with van der Waals surface area (Å²) < 4.78 is 10.6. The van der Waals surface area contributed by atoms with Gasteiger partial charge in [-0.3, -0.25) is 19.2 Å². The molecule has 8 heteroatoms. The van der Waals surface area contributed by atoms with Crippen LogP contribution in [-0.4, -0.2) is 21.9 Å². The number of ketones is 2. The van der Waals surface area contributed by atoms with Crippen LogP contribution in [0, 0.1) is 10.8 Å². The van der Waals surface area contributed by atoms with Crippen molar-refractivity contribution in [3.8, 4) is 0 Å². The van der Waals surface area contributed by atoms with Gasteiger partial charge >= 0.3 is 0 Å². The van der Waals surface area contributed by atoms with E-state index in [1.165, 1.54) is 12.1 Å². The molecule has 0 saturated carbocycles. The molecule has 0 atom stereocenters. The Morgan fingerprint density at radius 2 is 1.18 bits per heavy atom. The van der Waals surface area contributed by atoms with E-state index in [0.717, 1.165) is 12.8 Å². The second-order valence-corrected chi connectivity index (χ2v) is 10.9. The maximum atomic E-state index is 12.3. The minimum Gasteiger partial charge on any atom is -0.383 e. The van der Waals surface area contributed by atoms with Crippen LogP contribution in [0.2, 0.25) is 0 Å². The number of hydrogen-bond acceptors (Lipinski definition) is 6. The van der Waals surface area contributed by atoms with Crippen LogP contribution >= 0.6 is 0 Å². The summed E-state index contributed by atoms with van der Waals surface area (Å²) in [4.78, 5) is 47.5. The van der Waals surface area contributed by atoms with Crippen molar-refractivity contribution in [1.82, 2.24) is 10.3 Å². The summed E-state index contributed by atoms with van der Waals surface area (Å²) in [5.41, 5.74) is -0.944. The van der Waals surface area contributed by atoms with Crippen molar-refractivity contribution in [3.05, 3.63) is 44.4 Å². The van der Waals surface area contributed by atoms with E-state index in [1.54, 1.807) is 0 Å². The van der Waals surface area contributed by atoms with Crippen LogP contribution in [0.4, 0.5) is 0 Å². The van der Waals surface area contributed by atoms with Crippen molar-refractivity contribution in [2.24, 2.45) is 10.8 Å². The summed E-state index contributed by atoms with van der Waals surface area (Å²) in [6, 6.07) is 2.70. The summed E-state index contributed by atoms with van der Waals surface area (Å²) >= 11 is 0. The molecule has 0 aromatic carbocycles. The van der Waals surface area contributed by atoms with E-state index in [4.69, 9.17) is 9.05 Å². The smallest absolute Gasteiger partial charge is 0.280 e. The molecule has 0 spiro atoms. The van der Waals surface area contributed by atoms with Gasteiger partial charge in [-0.05, 0) is 42.9 Å². The first kappa shape index (κ1) is 26.6. The van der Waals surface area contributed by atoms with E-state index in [-0.39, 0.29) is 28.1 Å². The summed E-state index contributed by atoms with van der Waals surface area (Å²) in [6.07, 6.45) is 5.69. The molecule has 0 fully saturated rings. The number of H-pyrrole nitrogens is 2. The van der Waals surface area contributed by atoms with Gasteiger partial charge in [0.25, 0.3) is 11.1 Å². The van der Waals surface area contributed by atoms with E-state index in [2.05, 4.69) is 31.1 Å². The third-order valence-electron chi connectivity index (χ3n) is 6.01. The molecular formula is C25H38N2O6. The molecule has 2 N–H and O–H groups in total. The van der Waals surface area contributed by atoms with Crippen molar-refractivity contribution in [3.63, 3.8) is 0 Å². The van der Waals surface area contributed by atoms with Gasteiger partial charge in [0, 0.05) is 37.8 Å². The SMILES string of the molecule is CC(C)(C)CCCC(=O)CCCC(=O)CCCC(C)(C)C(c1cc(=O)[nH]o1)c1cc(=O)[nH]o1. The second kappa shape index (κ2) is 11.5. The summed E-state index contributed by atoms with van der Waals surface area (Å²) in [5.74, 6) is 0.674. The largest absolute Gasteiger partial charge is 0.383 e. The van der Waals surface area contributed by atoms with Crippen LogP contribution in [0.1, 0.15) is 110 Å². The monoisotopic (exact) mass is 462 g/mol. The van der Waals surface area contributed by atoms with Crippen LogP contribution in [-0.2, 0) is 9.59 Å². The van der Waals surface area contributed by atoms with Gasteiger partial charge in [-0.25, -0.2) is 0 Å². The number of nitrogens with one attached hydrogen (secondary N) is 2. The number of aromatic nitrogens is 2. The molecule has 8 nitrogen and oxygen atoms in total. The summed E-state index contributed by atoms with van der Waals surface area (Å²) in [6.45, 7) is 10.5. The lowest BCUT2D eigenvalue weighted by molar-refractivity contribution is -0.120. The van der Waals surface area contributed by atoms with Gasteiger partial charge in [0.05, 0.1) is 5.92 Å². The lowest BCUT2D eigenvalue weighted by atomic mass is 9.72. The van der Waals surface area contributed by atoms with Gasteiger partial charge in [0.1, 0.15) is 23.1 Å². The first-order valence-corrected chi connectivity index (χ1v) is 11.8. The van der Waals surface area contributed by atoms with E-state index in [9.17, 15) is 19.2 Å². The molecular weight excluding hydrogens is 424 g/mol. The molecule has 2 aromatic heterocycles. The minimum atomic E-state index is -0.462. The van der Waals surface area contributed by atoms with Crippen LogP contribution in [0.25, 0.3) is 0 Å². The molecule has 33 heavy (non-hydrogen) atoms. The number of hydrogen-bond donors (Lipinski definition) is 2. The van der Waals surface area contributed by atoms with Crippen molar-refractivity contribution in [2.75, 3.05) is 0 Å². The van der Waals surface area contributed by atoms with E-state index in [1.807, 2.05) is 13.8 Å². The van der Waals surface area contributed by atoms with Crippen LogP contribution in [0.5, 0.6) is 0 Å². The van der Waals surface area contributed by atoms with Gasteiger partial charge in [-0.1, -0.05) is 34.6 Å². The number of carbonyl (C=O) groups is 2. The fourth-order valence-electron chi connectivity index (χ4n) is 4.22. The minimum absolute atomic E-state index is 0.145. The van der Waals surface area contributed by atoms with Crippen LogP contribution < -0.4 is 11.1 Å². The Morgan fingerprint density at radius 1 is 0.758 bits per heavy atom. The first-order valence-electron chi connectivity index (χ1n) is 11.8. The van der Waals surface area contributed by atoms with E-state index >= 15 is 0 Å². The highest BCUT2D eigenvalue weighted by molar-refractivity contribution is 5.81. The fraction of sp³-hybridized carbons (Fsp3) is 0.680. The zero-order valence-corrected chi connectivity index (χ0v) is 20.5. The standard InChI is InChI=1S/C25H38N2O6/c1-24(2,3)13-7-11-17(28)9-6-10-18(29)12-8-14-25(4,5)23(19-15-21(30)26-32-19)20-16-22(31)27-33-20/h15-16,23H,6-14H2,1-5H3,(H,26,30)(H,27,31). The van der Waals surface area contributed by atoms with Gasteiger partial charge in [0.2, 0.25) is 0 Å². The van der Waals surface area contributed by atoms with Gasteiger partial charge in [-0.15, -0.1) is 0 Å². The maximum Gasteiger partial charge on any atom is 0.280 e. The van der Waals surface area contributed by atoms with Crippen LogP contribution in [0.15, 0.2) is 30.8 Å². The maximum absolute atomic E-state index is 12.3. The second-order valence-electron chi connectivity index (χ2n) is 10.9. The molecule has 0 aliphatic carbocycles. The summed E-state index contributed by atoms with van der Waals surface area (Å²) in [7, 11) is 0. The third kappa shape index (κ3) is 9.02. The Bertz CT molecular complexity index is 966. The van der Waals surface area contributed by atoms with Crippen molar-refractivity contribution < 1.29 is 18.6 Å². The highest BCUT2D eigenvalue weighted by Gasteiger charge is 2.37. The Morgan fingerprint density at radius 3 is 1.58 bits per heavy atom. The fourth-order valence-corrected chi connectivity index (χ4v) is 4.22. The zero-order chi connectivity index (χ0) is 24.6. The molecule has 2 aromatic rings. The molecule has 0 aliphatic rings. The molecule has 0 aliphatic heterocycles. The number of rotatable bonds is 14. The average Bonchev–Trinajstić information content (AvgIpc) is 3.29. The topological polar surface area (TPSA) is 126 Å². The molecule has 0 unspecified atom stereocenters. The molecule has 0 bridgehead atoms. The molecule has 0 amide bonds. The lowest BCUT2D eigenvalue weighted by Gasteiger charge is -2.31. The van der Waals surface area contributed by atoms with E-state index in [0.29, 0.717) is 56.5 Å². The Kier molecular flexibility index (Phi) is 9.25. The van der Waals surface area contributed by atoms with Crippen LogP contribution in [0.3, 0.4) is 0 Å². The number of Topliss-reactive ketones (excluding diaryl/α,β-unsaturated/α-hetero) is 2. The predicted molar refractivity (Wildman–Crippen MR) is 125 cm³/mol. The Hall–Kier alpha value is -2.64. The Balaban J connectivity index is 1.81. The predicted octanol–water partition coefficient (Wildman–Crippen LogP) is 5.10. The van der Waals surface area contributed by atoms with Crippen molar-refractivity contribution in [2.45, 2.75) is 98.3 Å². The van der Waals surface area contributed by atoms with E-state index < -0.39 is 11.3 Å². The number of carbonyl (C=O) groups excluding carboxylic acids is 2. The summed E-state index contributed by atoms with van der Waals surface area (Å²) in [5, 5.41) is 4.56. The van der Waals surface area contributed by atoms with Crippen molar-refractivity contribution >= 4 is 11.6 Å². The lowest BCUT2D eigenvalue weighted by Crippen LogP contribution is -2.23. The zero-order valence-electron chi connectivity index (χ0n) is 20.5. The quantitative estimate of drug-likeness (QED) is 0.402. The number of aromatic amines is 2. The van der Waals surface area contributed by atoms with Gasteiger partial charge < -0.3 is 9.05 Å². The Labute approximate surface area is 194 Å². The van der Waals surface area contributed by atoms with Gasteiger partial charge in [-0.2, -0.15) is 10.3 Å². The highest BCUT2D eigenvalue weighted by Crippen LogP contribution is 2.43. The average molecular weight is 463 g/mol.